The van der Waals surface area contributed by atoms with Crippen molar-refractivity contribution in [3.63, 3.8) is 0 Å². The molecule has 1 nitrogen and oxygen atoms in total. The summed E-state index contributed by atoms with van der Waals surface area (Å²) < 4.78 is 28.2. The van der Waals surface area contributed by atoms with Crippen molar-refractivity contribution < 1.29 is 8.78 Å². The van der Waals surface area contributed by atoms with Crippen molar-refractivity contribution in [3.05, 3.63) is 55.1 Å². The van der Waals surface area contributed by atoms with E-state index in [0.29, 0.717) is 13.7 Å². The molecular formula is C11H7BrClF2NS. The second-order valence-electron chi connectivity index (χ2n) is 3.40. The maximum Gasteiger partial charge on any atom is 0.132 e. The largest absolute Gasteiger partial charge is 0.319 e. The van der Waals surface area contributed by atoms with Gasteiger partial charge in [-0.3, -0.25) is 0 Å². The van der Waals surface area contributed by atoms with Gasteiger partial charge in [0, 0.05) is 14.9 Å². The minimum Gasteiger partial charge on any atom is -0.319 e. The standard InChI is InChI=1S/C11H7BrClF2NS/c12-5-3-6(14)10(7(15)4-5)11(16)8-1-2-9(13)17-8/h1-4,11H,16H2. The van der Waals surface area contributed by atoms with Crippen LogP contribution < -0.4 is 5.73 Å². The van der Waals surface area contributed by atoms with Gasteiger partial charge >= 0.3 is 0 Å². The number of hydrogen-bond donors (Lipinski definition) is 1. The molecule has 2 aromatic rings. The van der Waals surface area contributed by atoms with E-state index in [9.17, 15) is 8.78 Å². The van der Waals surface area contributed by atoms with Gasteiger partial charge in [0.2, 0.25) is 0 Å². The van der Waals surface area contributed by atoms with Gasteiger partial charge in [0.1, 0.15) is 11.6 Å². The molecule has 1 atom stereocenters. The van der Waals surface area contributed by atoms with E-state index in [1.807, 2.05) is 0 Å². The van der Waals surface area contributed by atoms with Gasteiger partial charge in [0.15, 0.2) is 0 Å². The lowest BCUT2D eigenvalue weighted by atomic mass is 10.1. The van der Waals surface area contributed by atoms with E-state index in [2.05, 4.69) is 15.9 Å². The summed E-state index contributed by atoms with van der Waals surface area (Å²) in [6.45, 7) is 0. The molecule has 0 radical (unpaired) electrons. The smallest absolute Gasteiger partial charge is 0.132 e. The maximum absolute atomic E-state index is 13.7. The quantitative estimate of drug-likeness (QED) is 0.858. The molecule has 0 saturated carbocycles. The number of nitrogens with two attached hydrogens (primary N) is 1. The van der Waals surface area contributed by atoms with Crippen LogP contribution in [0, 0.1) is 11.6 Å². The van der Waals surface area contributed by atoms with Crippen LogP contribution in [0.4, 0.5) is 8.78 Å². The second-order valence-corrected chi connectivity index (χ2v) is 6.06. The van der Waals surface area contributed by atoms with Gasteiger partial charge in [-0.25, -0.2) is 8.78 Å². The van der Waals surface area contributed by atoms with Crippen molar-refractivity contribution >= 4 is 38.9 Å². The third kappa shape index (κ3) is 2.68. The Morgan fingerprint density at radius 3 is 2.29 bits per heavy atom. The van der Waals surface area contributed by atoms with Gasteiger partial charge in [-0.1, -0.05) is 27.5 Å². The van der Waals surface area contributed by atoms with Crippen LogP contribution in [0.1, 0.15) is 16.5 Å². The number of thiophene rings is 1. The van der Waals surface area contributed by atoms with E-state index in [-0.39, 0.29) is 5.56 Å². The van der Waals surface area contributed by atoms with Gasteiger partial charge in [-0.05, 0) is 24.3 Å². The van der Waals surface area contributed by atoms with E-state index in [1.165, 1.54) is 23.5 Å². The molecule has 0 amide bonds. The Morgan fingerprint density at radius 1 is 1.24 bits per heavy atom. The molecule has 2 rings (SSSR count). The Balaban J connectivity index is 2.47. The number of hydrogen-bond acceptors (Lipinski definition) is 2. The van der Waals surface area contributed by atoms with Crippen molar-refractivity contribution in [2.45, 2.75) is 6.04 Å². The predicted octanol–water partition coefficient (Wildman–Crippen LogP) is 4.49. The van der Waals surface area contributed by atoms with E-state index >= 15 is 0 Å². The minimum atomic E-state index is -0.847. The van der Waals surface area contributed by atoms with Gasteiger partial charge in [-0.2, -0.15) is 0 Å². The zero-order valence-electron chi connectivity index (χ0n) is 8.38. The topological polar surface area (TPSA) is 26.0 Å². The molecule has 1 heterocycles. The van der Waals surface area contributed by atoms with Crippen LogP contribution in [0.5, 0.6) is 0 Å². The number of rotatable bonds is 2. The normalized spacial score (nSPS) is 12.8. The molecule has 0 aliphatic heterocycles. The Hall–Kier alpha value is -0.490. The highest BCUT2D eigenvalue weighted by molar-refractivity contribution is 9.10. The Labute approximate surface area is 114 Å². The summed E-state index contributed by atoms with van der Waals surface area (Å²) in [6, 6.07) is 4.84. The lowest BCUT2D eigenvalue weighted by Gasteiger charge is -2.12. The van der Waals surface area contributed by atoms with E-state index in [4.69, 9.17) is 17.3 Å². The molecule has 1 unspecified atom stereocenters. The molecule has 90 valence electrons. The average Bonchev–Trinajstić information content (AvgIpc) is 2.63. The lowest BCUT2D eigenvalue weighted by Crippen LogP contribution is -2.14. The molecule has 6 heteroatoms. The second kappa shape index (κ2) is 5.02. The Morgan fingerprint density at radius 2 is 1.82 bits per heavy atom. The first-order chi connectivity index (χ1) is 7.99. The maximum atomic E-state index is 13.7. The van der Waals surface area contributed by atoms with Crippen molar-refractivity contribution in [3.8, 4) is 0 Å². The summed E-state index contributed by atoms with van der Waals surface area (Å²) in [6.07, 6.45) is 0. The third-order valence-corrected chi connectivity index (χ3v) is 4.03. The van der Waals surface area contributed by atoms with Gasteiger partial charge in [0.25, 0.3) is 0 Å². The molecular weight excluding hydrogens is 332 g/mol. The van der Waals surface area contributed by atoms with Gasteiger partial charge < -0.3 is 5.73 Å². The van der Waals surface area contributed by atoms with Crippen LogP contribution >= 0.6 is 38.9 Å². The Bertz CT molecular complexity index is 535. The zero-order chi connectivity index (χ0) is 12.6. The lowest BCUT2D eigenvalue weighted by molar-refractivity contribution is 0.543. The molecule has 1 aromatic heterocycles. The summed E-state index contributed by atoms with van der Waals surface area (Å²) in [5.74, 6) is -1.34. The summed E-state index contributed by atoms with van der Waals surface area (Å²) >= 11 is 9.99. The first-order valence-electron chi connectivity index (χ1n) is 4.64. The van der Waals surface area contributed by atoms with Gasteiger partial charge in [-0.15, -0.1) is 11.3 Å². The van der Waals surface area contributed by atoms with Crippen LogP contribution in [0.3, 0.4) is 0 Å². The highest BCUT2D eigenvalue weighted by Gasteiger charge is 2.20. The van der Waals surface area contributed by atoms with Crippen LogP contribution in [-0.4, -0.2) is 0 Å². The highest BCUT2D eigenvalue weighted by atomic mass is 79.9. The van der Waals surface area contributed by atoms with E-state index in [0.717, 1.165) is 0 Å². The molecule has 0 aliphatic rings. The van der Waals surface area contributed by atoms with Crippen LogP contribution in [0.25, 0.3) is 0 Å². The first kappa shape index (κ1) is 13.0. The Kier molecular flexibility index (Phi) is 3.82. The van der Waals surface area contributed by atoms with Crippen molar-refractivity contribution in [1.82, 2.24) is 0 Å². The van der Waals surface area contributed by atoms with E-state index < -0.39 is 17.7 Å². The fourth-order valence-corrected chi connectivity index (χ4v) is 2.96. The third-order valence-electron chi connectivity index (χ3n) is 2.26. The molecule has 17 heavy (non-hydrogen) atoms. The van der Waals surface area contributed by atoms with Crippen molar-refractivity contribution in [2.75, 3.05) is 0 Å². The van der Waals surface area contributed by atoms with Crippen LogP contribution in [0.15, 0.2) is 28.7 Å². The molecule has 0 aliphatic carbocycles. The highest BCUT2D eigenvalue weighted by Crippen LogP contribution is 2.32. The summed E-state index contributed by atoms with van der Waals surface area (Å²) in [5.41, 5.74) is 5.69. The van der Waals surface area contributed by atoms with Crippen LogP contribution in [0.2, 0.25) is 4.34 Å². The fraction of sp³-hybridized carbons (Fsp3) is 0.0909. The number of halogens is 4. The number of benzene rings is 1. The zero-order valence-corrected chi connectivity index (χ0v) is 11.5. The fourth-order valence-electron chi connectivity index (χ4n) is 1.49. The molecule has 2 N–H and O–H groups in total. The van der Waals surface area contributed by atoms with Gasteiger partial charge in [0.05, 0.1) is 10.4 Å². The average molecular weight is 339 g/mol. The van der Waals surface area contributed by atoms with Crippen molar-refractivity contribution in [2.24, 2.45) is 5.73 Å². The molecule has 0 spiro atoms. The minimum absolute atomic E-state index is 0.147. The predicted molar refractivity (Wildman–Crippen MR) is 69.4 cm³/mol. The van der Waals surface area contributed by atoms with Crippen molar-refractivity contribution in [1.29, 1.82) is 0 Å². The molecule has 1 aromatic carbocycles. The molecule has 0 fully saturated rings. The first-order valence-corrected chi connectivity index (χ1v) is 6.63. The summed E-state index contributed by atoms with van der Waals surface area (Å²) in [7, 11) is 0. The SMILES string of the molecule is NC(c1ccc(Cl)s1)c1c(F)cc(Br)cc1F. The molecule has 0 saturated heterocycles. The summed E-state index contributed by atoms with van der Waals surface area (Å²) in [5, 5.41) is 0. The van der Waals surface area contributed by atoms with E-state index in [1.54, 1.807) is 12.1 Å². The molecule has 0 bridgehead atoms. The summed E-state index contributed by atoms with van der Waals surface area (Å²) in [4.78, 5) is 0.620. The van der Waals surface area contributed by atoms with Crippen LogP contribution in [-0.2, 0) is 0 Å². The monoisotopic (exact) mass is 337 g/mol.